The average molecular weight is 249 g/mol. The number of rotatable bonds is 2. The molecule has 0 aromatic heterocycles. The van der Waals surface area contributed by atoms with Gasteiger partial charge in [-0.15, -0.1) is 0 Å². The van der Waals surface area contributed by atoms with Gasteiger partial charge in [0.05, 0.1) is 4.47 Å². The van der Waals surface area contributed by atoms with Crippen LogP contribution in [0.25, 0.3) is 0 Å². The van der Waals surface area contributed by atoms with E-state index in [4.69, 9.17) is 0 Å². The summed E-state index contributed by atoms with van der Waals surface area (Å²) in [7, 11) is 0. The first-order valence-electron chi connectivity index (χ1n) is 3.09. The summed E-state index contributed by atoms with van der Waals surface area (Å²) in [5.41, 5.74) is 0.0608. The van der Waals surface area contributed by atoms with E-state index in [-0.39, 0.29) is 21.8 Å². The molecule has 0 saturated heterocycles. The molecule has 0 saturated carbocycles. The maximum absolute atomic E-state index is 12.8. The molecule has 0 heterocycles. The predicted molar refractivity (Wildman–Crippen MR) is 48.1 cm³/mol. The van der Waals surface area contributed by atoms with Crippen LogP contribution in [0.1, 0.15) is 10.4 Å². The third kappa shape index (κ3) is 2.71. The second kappa shape index (κ2) is 4.84. The van der Waals surface area contributed by atoms with Crippen molar-refractivity contribution in [3.05, 3.63) is 34.1 Å². The lowest BCUT2D eigenvalue weighted by Crippen LogP contribution is -1.99. The highest BCUT2D eigenvalue weighted by atomic mass is 79.9. The molecule has 0 aliphatic heterocycles. The molecule has 0 fully saturated rings. The van der Waals surface area contributed by atoms with Crippen LogP contribution in [0.4, 0.5) is 4.39 Å². The van der Waals surface area contributed by atoms with Crippen molar-refractivity contribution in [1.29, 1.82) is 0 Å². The summed E-state index contributed by atoms with van der Waals surface area (Å²) in [6, 6.07) is 3.77. The standard InChI is InChI=1S/C8H4BrFO2.H2O/c9-6-2-1-5(3-7(6)10)8(12)4-11;/h1-4H;1H2. The smallest absolute Gasteiger partial charge is 0.225 e. The van der Waals surface area contributed by atoms with Crippen molar-refractivity contribution >= 4 is 28.0 Å². The molecule has 0 radical (unpaired) electrons. The highest BCUT2D eigenvalue weighted by molar-refractivity contribution is 9.10. The Morgan fingerprint density at radius 1 is 1.46 bits per heavy atom. The molecular weight excluding hydrogens is 243 g/mol. The molecule has 70 valence electrons. The summed E-state index contributed by atoms with van der Waals surface area (Å²) in [6.45, 7) is 0. The summed E-state index contributed by atoms with van der Waals surface area (Å²) >= 11 is 2.93. The van der Waals surface area contributed by atoms with Gasteiger partial charge in [0.1, 0.15) is 5.82 Å². The number of aldehydes is 1. The van der Waals surface area contributed by atoms with Crippen LogP contribution in [-0.4, -0.2) is 17.5 Å². The number of Topliss-reactive ketones (excluding diaryl/α,β-unsaturated/α-hetero) is 1. The quantitative estimate of drug-likeness (QED) is 0.448. The van der Waals surface area contributed by atoms with Crippen LogP contribution in [0.2, 0.25) is 0 Å². The van der Waals surface area contributed by atoms with E-state index in [1.165, 1.54) is 12.1 Å². The first kappa shape index (κ1) is 11.9. The number of carbonyl (C=O) groups excluding carboxylic acids is 2. The molecule has 1 aromatic carbocycles. The monoisotopic (exact) mass is 248 g/mol. The van der Waals surface area contributed by atoms with Gasteiger partial charge in [-0.1, -0.05) is 0 Å². The lowest BCUT2D eigenvalue weighted by molar-refractivity contribution is -0.104. The van der Waals surface area contributed by atoms with Gasteiger partial charge in [0.15, 0.2) is 6.29 Å². The second-order valence-corrected chi connectivity index (χ2v) is 2.97. The maximum Gasteiger partial charge on any atom is 0.225 e. The van der Waals surface area contributed by atoms with Crippen molar-refractivity contribution in [1.82, 2.24) is 0 Å². The van der Waals surface area contributed by atoms with Gasteiger partial charge in [-0.05, 0) is 34.1 Å². The minimum atomic E-state index is -0.721. The SMILES string of the molecule is O.O=CC(=O)c1ccc(Br)c(F)c1. The van der Waals surface area contributed by atoms with E-state index in [1.54, 1.807) is 0 Å². The zero-order valence-corrected chi connectivity index (χ0v) is 7.97. The number of halogens is 2. The first-order valence-corrected chi connectivity index (χ1v) is 3.89. The van der Waals surface area contributed by atoms with E-state index >= 15 is 0 Å². The maximum atomic E-state index is 12.8. The first-order chi connectivity index (χ1) is 5.65. The minimum Gasteiger partial charge on any atom is -0.412 e. The summed E-state index contributed by atoms with van der Waals surface area (Å²) in [4.78, 5) is 20.7. The molecule has 0 spiro atoms. The van der Waals surface area contributed by atoms with Crippen molar-refractivity contribution < 1.29 is 19.5 Å². The molecule has 1 rings (SSSR count). The largest absolute Gasteiger partial charge is 0.412 e. The van der Waals surface area contributed by atoms with E-state index in [0.29, 0.717) is 0 Å². The highest BCUT2D eigenvalue weighted by Gasteiger charge is 2.06. The molecular formula is C8H6BrFO3. The van der Waals surface area contributed by atoms with Gasteiger partial charge in [0, 0.05) is 5.56 Å². The molecule has 0 aliphatic rings. The van der Waals surface area contributed by atoms with Crippen LogP contribution in [-0.2, 0) is 4.79 Å². The Labute approximate surface area is 82.0 Å². The van der Waals surface area contributed by atoms with Crippen LogP contribution in [0.15, 0.2) is 22.7 Å². The average Bonchev–Trinajstić information content (AvgIpc) is 2.08. The van der Waals surface area contributed by atoms with E-state index in [9.17, 15) is 14.0 Å². The van der Waals surface area contributed by atoms with Gasteiger partial charge < -0.3 is 5.48 Å². The number of ketones is 1. The van der Waals surface area contributed by atoms with Gasteiger partial charge in [-0.3, -0.25) is 9.59 Å². The Morgan fingerprint density at radius 3 is 2.54 bits per heavy atom. The molecule has 2 N–H and O–H groups in total. The van der Waals surface area contributed by atoms with Crippen molar-refractivity contribution in [3.63, 3.8) is 0 Å². The Balaban J connectivity index is 0.00000144. The van der Waals surface area contributed by atoms with E-state index in [1.807, 2.05) is 0 Å². The fourth-order valence-electron chi connectivity index (χ4n) is 0.717. The molecule has 1 aromatic rings. The molecule has 0 amide bonds. The van der Waals surface area contributed by atoms with E-state index in [2.05, 4.69) is 15.9 Å². The van der Waals surface area contributed by atoms with Crippen molar-refractivity contribution in [2.45, 2.75) is 0 Å². The Bertz CT molecular complexity index is 338. The summed E-state index contributed by atoms with van der Waals surface area (Å²) in [5.74, 6) is -1.27. The van der Waals surface area contributed by atoms with Gasteiger partial charge in [-0.2, -0.15) is 0 Å². The molecule has 0 bridgehead atoms. The number of benzene rings is 1. The third-order valence-corrected chi connectivity index (χ3v) is 1.95. The Hall–Kier alpha value is -1.07. The molecule has 13 heavy (non-hydrogen) atoms. The van der Waals surface area contributed by atoms with Crippen molar-refractivity contribution in [2.75, 3.05) is 0 Å². The fraction of sp³-hybridized carbons (Fsp3) is 0. The summed E-state index contributed by atoms with van der Waals surface area (Å²) < 4.78 is 13.0. The van der Waals surface area contributed by atoms with Crippen LogP contribution >= 0.6 is 15.9 Å². The zero-order valence-electron chi connectivity index (χ0n) is 6.38. The lowest BCUT2D eigenvalue weighted by Gasteiger charge is -1.95. The number of carbonyl (C=O) groups is 2. The third-order valence-electron chi connectivity index (χ3n) is 1.31. The van der Waals surface area contributed by atoms with Gasteiger partial charge in [-0.25, -0.2) is 4.39 Å². The fourth-order valence-corrected chi connectivity index (χ4v) is 0.964. The molecule has 3 nitrogen and oxygen atoms in total. The van der Waals surface area contributed by atoms with Gasteiger partial charge in [0.25, 0.3) is 0 Å². The second-order valence-electron chi connectivity index (χ2n) is 2.11. The van der Waals surface area contributed by atoms with Crippen LogP contribution in [0, 0.1) is 5.82 Å². The molecule has 5 heteroatoms. The lowest BCUT2D eigenvalue weighted by atomic mass is 10.1. The normalized spacial score (nSPS) is 8.77. The topological polar surface area (TPSA) is 65.6 Å². The Morgan fingerprint density at radius 2 is 2.08 bits per heavy atom. The number of hydrogen-bond acceptors (Lipinski definition) is 2. The van der Waals surface area contributed by atoms with E-state index < -0.39 is 11.6 Å². The minimum absolute atomic E-state index is 0. The van der Waals surface area contributed by atoms with E-state index in [0.717, 1.165) is 6.07 Å². The molecule has 0 unspecified atom stereocenters. The van der Waals surface area contributed by atoms with Crippen LogP contribution in [0.5, 0.6) is 0 Å². The predicted octanol–water partition coefficient (Wildman–Crippen LogP) is 1.15. The van der Waals surface area contributed by atoms with Crippen molar-refractivity contribution in [2.24, 2.45) is 0 Å². The van der Waals surface area contributed by atoms with Gasteiger partial charge in [0.2, 0.25) is 5.78 Å². The van der Waals surface area contributed by atoms with Crippen LogP contribution in [0.3, 0.4) is 0 Å². The summed E-state index contributed by atoms with van der Waals surface area (Å²) in [5, 5.41) is 0. The molecule has 0 atom stereocenters. The zero-order chi connectivity index (χ0) is 9.14. The van der Waals surface area contributed by atoms with Crippen LogP contribution < -0.4 is 0 Å². The molecule has 0 aliphatic carbocycles. The highest BCUT2D eigenvalue weighted by Crippen LogP contribution is 2.16. The van der Waals surface area contributed by atoms with Gasteiger partial charge >= 0.3 is 0 Å². The number of hydrogen-bond donors (Lipinski definition) is 0. The Kier molecular flexibility index (Phi) is 4.44. The summed E-state index contributed by atoms with van der Waals surface area (Å²) in [6.07, 6.45) is 0.155. The van der Waals surface area contributed by atoms with Crippen molar-refractivity contribution in [3.8, 4) is 0 Å².